The Labute approximate surface area is 142 Å². The van der Waals surface area contributed by atoms with E-state index in [0.717, 1.165) is 12.8 Å². The third kappa shape index (κ3) is 2.19. The summed E-state index contributed by atoms with van der Waals surface area (Å²) < 4.78 is 0. The Hall–Kier alpha value is -2.42. The normalized spacial score (nSPS) is 21.1. The second kappa shape index (κ2) is 5.30. The van der Waals surface area contributed by atoms with Crippen LogP contribution in [0.4, 0.5) is 0 Å². The molecule has 1 heterocycles. The summed E-state index contributed by atoms with van der Waals surface area (Å²) in [5.74, 6) is 0.0670. The molecule has 0 N–H and O–H groups in total. The van der Waals surface area contributed by atoms with Gasteiger partial charge in [-0.3, -0.25) is 14.5 Å². The van der Waals surface area contributed by atoms with Crippen molar-refractivity contribution in [1.82, 2.24) is 4.90 Å². The fourth-order valence-corrected chi connectivity index (χ4v) is 4.32. The maximum atomic E-state index is 12.5. The van der Waals surface area contributed by atoms with Crippen LogP contribution in [-0.4, -0.2) is 23.3 Å². The third-order valence-corrected chi connectivity index (χ3v) is 5.54. The molecule has 2 aromatic carbocycles. The number of benzene rings is 2. The predicted octanol–water partition coefficient (Wildman–Crippen LogP) is 4.04. The van der Waals surface area contributed by atoms with Crippen molar-refractivity contribution in [3.8, 4) is 0 Å². The summed E-state index contributed by atoms with van der Waals surface area (Å²) in [5.41, 5.74) is 4.00. The lowest BCUT2D eigenvalue weighted by Crippen LogP contribution is -2.33. The number of nitrogens with zero attached hydrogens (tertiary/aromatic N) is 1. The number of carbonyl (C=O) groups is 2. The van der Waals surface area contributed by atoms with E-state index in [1.165, 1.54) is 16.0 Å². The van der Waals surface area contributed by atoms with Crippen LogP contribution in [0, 0.1) is 5.41 Å². The molecule has 1 unspecified atom stereocenters. The van der Waals surface area contributed by atoms with Gasteiger partial charge in [-0.25, -0.2) is 0 Å². The van der Waals surface area contributed by atoms with Gasteiger partial charge in [-0.15, -0.1) is 0 Å². The van der Waals surface area contributed by atoms with Crippen molar-refractivity contribution in [1.29, 1.82) is 0 Å². The molecule has 2 aromatic rings. The van der Waals surface area contributed by atoms with Gasteiger partial charge in [-0.05, 0) is 47.4 Å². The fraction of sp³-hybridized carbons (Fsp3) is 0.333. The summed E-state index contributed by atoms with van der Waals surface area (Å²) in [4.78, 5) is 26.5. The first-order valence-electron chi connectivity index (χ1n) is 8.52. The highest BCUT2D eigenvalue weighted by molar-refractivity contribution is 6.21. The Kier molecular flexibility index (Phi) is 3.34. The first-order chi connectivity index (χ1) is 11.5. The number of amides is 2. The SMILES string of the molecule is CC1(C)Cc2ccccc2C1CCN1C(=O)c2ccccc2C1=O. The molecule has 0 bridgehead atoms. The van der Waals surface area contributed by atoms with Crippen molar-refractivity contribution in [2.24, 2.45) is 5.41 Å². The van der Waals surface area contributed by atoms with Gasteiger partial charge in [0.25, 0.3) is 11.8 Å². The molecule has 122 valence electrons. The van der Waals surface area contributed by atoms with E-state index in [0.29, 0.717) is 23.6 Å². The predicted molar refractivity (Wildman–Crippen MR) is 93.1 cm³/mol. The molecule has 3 nitrogen and oxygen atoms in total. The topological polar surface area (TPSA) is 37.4 Å². The molecule has 1 aliphatic heterocycles. The van der Waals surface area contributed by atoms with Gasteiger partial charge >= 0.3 is 0 Å². The van der Waals surface area contributed by atoms with Crippen LogP contribution in [0.25, 0.3) is 0 Å². The van der Waals surface area contributed by atoms with Crippen LogP contribution in [0.15, 0.2) is 48.5 Å². The number of fused-ring (bicyclic) bond motifs is 2. The molecule has 0 fully saturated rings. The third-order valence-electron chi connectivity index (χ3n) is 5.54. The summed E-state index contributed by atoms with van der Waals surface area (Å²) in [7, 11) is 0. The number of imide groups is 1. The van der Waals surface area contributed by atoms with Gasteiger partial charge < -0.3 is 0 Å². The Morgan fingerprint density at radius 2 is 1.54 bits per heavy atom. The number of rotatable bonds is 3. The lowest BCUT2D eigenvalue weighted by atomic mass is 9.78. The van der Waals surface area contributed by atoms with E-state index < -0.39 is 0 Å². The fourth-order valence-electron chi connectivity index (χ4n) is 4.32. The molecule has 2 amide bonds. The summed E-state index contributed by atoms with van der Waals surface area (Å²) in [5, 5.41) is 0. The molecule has 0 saturated carbocycles. The van der Waals surface area contributed by atoms with Crippen molar-refractivity contribution in [2.45, 2.75) is 32.6 Å². The standard InChI is InChI=1S/C21H21NO2/c1-21(2)13-14-7-3-4-8-15(14)18(21)11-12-22-19(23)16-9-5-6-10-17(16)20(22)24/h3-10,18H,11-13H2,1-2H3. The Morgan fingerprint density at radius 1 is 0.958 bits per heavy atom. The average molecular weight is 319 g/mol. The van der Waals surface area contributed by atoms with Gasteiger partial charge in [-0.2, -0.15) is 0 Å². The van der Waals surface area contributed by atoms with Crippen LogP contribution < -0.4 is 0 Å². The molecule has 0 spiro atoms. The van der Waals surface area contributed by atoms with Crippen molar-refractivity contribution in [3.63, 3.8) is 0 Å². The molecule has 2 aliphatic rings. The molecule has 0 saturated heterocycles. The molecular formula is C21H21NO2. The maximum absolute atomic E-state index is 12.5. The smallest absolute Gasteiger partial charge is 0.261 e. The molecular weight excluding hydrogens is 298 g/mol. The highest BCUT2D eigenvalue weighted by atomic mass is 16.2. The second-order valence-electron chi connectivity index (χ2n) is 7.51. The molecule has 0 aromatic heterocycles. The van der Waals surface area contributed by atoms with Gasteiger partial charge in [0.1, 0.15) is 0 Å². The minimum absolute atomic E-state index is 0.153. The molecule has 24 heavy (non-hydrogen) atoms. The van der Waals surface area contributed by atoms with E-state index in [4.69, 9.17) is 0 Å². The van der Waals surface area contributed by atoms with Crippen LogP contribution in [0.5, 0.6) is 0 Å². The average Bonchev–Trinajstić information content (AvgIpc) is 2.97. The zero-order chi connectivity index (χ0) is 16.9. The number of hydrogen-bond donors (Lipinski definition) is 0. The summed E-state index contributed by atoms with van der Waals surface area (Å²) >= 11 is 0. The van der Waals surface area contributed by atoms with Crippen LogP contribution in [0.2, 0.25) is 0 Å². The Morgan fingerprint density at radius 3 is 2.21 bits per heavy atom. The van der Waals surface area contributed by atoms with E-state index in [9.17, 15) is 9.59 Å². The van der Waals surface area contributed by atoms with Crippen LogP contribution >= 0.6 is 0 Å². The maximum Gasteiger partial charge on any atom is 0.261 e. The molecule has 4 rings (SSSR count). The quantitative estimate of drug-likeness (QED) is 0.801. The van der Waals surface area contributed by atoms with Crippen LogP contribution in [0.3, 0.4) is 0 Å². The first-order valence-corrected chi connectivity index (χ1v) is 8.52. The number of carbonyl (C=O) groups excluding carboxylic acids is 2. The summed E-state index contributed by atoms with van der Waals surface area (Å²) in [6.07, 6.45) is 1.87. The van der Waals surface area contributed by atoms with E-state index in [2.05, 4.69) is 38.1 Å². The zero-order valence-electron chi connectivity index (χ0n) is 14.1. The minimum atomic E-state index is -0.153. The number of hydrogen-bond acceptors (Lipinski definition) is 2. The summed E-state index contributed by atoms with van der Waals surface area (Å²) in [6, 6.07) is 15.6. The second-order valence-corrected chi connectivity index (χ2v) is 7.51. The van der Waals surface area contributed by atoms with Gasteiger partial charge in [-0.1, -0.05) is 50.2 Å². The molecule has 1 atom stereocenters. The van der Waals surface area contributed by atoms with Crippen molar-refractivity contribution in [2.75, 3.05) is 6.54 Å². The monoisotopic (exact) mass is 319 g/mol. The minimum Gasteiger partial charge on any atom is -0.274 e. The lowest BCUT2D eigenvalue weighted by Gasteiger charge is -2.29. The van der Waals surface area contributed by atoms with E-state index in [1.807, 2.05) is 12.1 Å². The van der Waals surface area contributed by atoms with Gasteiger partial charge in [0, 0.05) is 6.54 Å². The molecule has 3 heteroatoms. The Bertz CT molecular complexity index is 802. The van der Waals surface area contributed by atoms with Gasteiger partial charge in [0.05, 0.1) is 11.1 Å². The van der Waals surface area contributed by atoms with E-state index >= 15 is 0 Å². The zero-order valence-corrected chi connectivity index (χ0v) is 14.1. The van der Waals surface area contributed by atoms with Crippen LogP contribution in [-0.2, 0) is 6.42 Å². The van der Waals surface area contributed by atoms with Crippen molar-refractivity contribution < 1.29 is 9.59 Å². The summed E-state index contributed by atoms with van der Waals surface area (Å²) in [6.45, 7) is 5.04. The molecule has 1 aliphatic carbocycles. The Balaban J connectivity index is 1.56. The highest BCUT2D eigenvalue weighted by Gasteiger charge is 2.40. The van der Waals surface area contributed by atoms with Crippen molar-refractivity contribution >= 4 is 11.8 Å². The molecule has 0 radical (unpaired) electrons. The van der Waals surface area contributed by atoms with Crippen LogP contribution in [0.1, 0.15) is 58.0 Å². The highest BCUT2D eigenvalue weighted by Crippen LogP contribution is 2.48. The van der Waals surface area contributed by atoms with Gasteiger partial charge in [0.2, 0.25) is 0 Å². The first kappa shape index (κ1) is 15.1. The van der Waals surface area contributed by atoms with E-state index in [-0.39, 0.29) is 17.2 Å². The van der Waals surface area contributed by atoms with Gasteiger partial charge in [0.15, 0.2) is 0 Å². The van der Waals surface area contributed by atoms with E-state index in [1.54, 1.807) is 12.1 Å². The van der Waals surface area contributed by atoms with Crippen molar-refractivity contribution in [3.05, 3.63) is 70.8 Å². The largest absolute Gasteiger partial charge is 0.274 e. The lowest BCUT2D eigenvalue weighted by molar-refractivity contribution is 0.0643.